The molecule has 35 heavy (non-hydrogen) atoms. The maximum absolute atomic E-state index is 11.2. The second-order valence-electron chi connectivity index (χ2n) is 8.03. The molecule has 10 nitrogen and oxygen atoms in total. The van der Waals surface area contributed by atoms with Crippen molar-refractivity contribution in [3.8, 4) is 0 Å². The predicted molar refractivity (Wildman–Crippen MR) is 123 cm³/mol. The molecule has 0 heterocycles. The van der Waals surface area contributed by atoms with Crippen LogP contribution in [0.25, 0.3) is 0 Å². The average molecular weight is 545 g/mol. The molecule has 0 aromatic heterocycles. The molecule has 0 saturated heterocycles. The molecule has 0 aliphatic carbocycles. The molecular formula is C22H42Na2O10S+2. The third-order valence-electron chi connectivity index (χ3n) is 5.21. The quantitative estimate of drug-likeness (QED) is 0.0669. The molecule has 13 heteroatoms. The monoisotopic (exact) mass is 544 g/mol. The first-order valence-electron chi connectivity index (χ1n) is 11.9. The number of hydrogen-bond acceptors (Lipinski definition) is 7. The van der Waals surface area contributed by atoms with Crippen LogP contribution in [0.5, 0.6) is 0 Å². The molecule has 2 atom stereocenters. The van der Waals surface area contributed by atoms with E-state index in [0.717, 1.165) is 6.42 Å². The van der Waals surface area contributed by atoms with Crippen LogP contribution in [0, 0.1) is 5.92 Å². The molecule has 0 aliphatic rings. The van der Waals surface area contributed by atoms with E-state index >= 15 is 0 Å². The summed E-state index contributed by atoms with van der Waals surface area (Å²) in [6, 6.07) is 0. The fourth-order valence-corrected chi connectivity index (χ4v) is 4.28. The van der Waals surface area contributed by atoms with Gasteiger partial charge in [-0.25, -0.2) is 0 Å². The Labute approximate surface area is 254 Å². The minimum atomic E-state index is -5.06. The Kier molecular flexibility index (Phi) is 30.3. The van der Waals surface area contributed by atoms with Gasteiger partial charge in [0.15, 0.2) is 5.25 Å². The van der Waals surface area contributed by atoms with Crippen molar-refractivity contribution in [2.75, 3.05) is 39.6 Å². The average Bonchev–Trinajstić information content (AvgIpc) is 2.73. The molecule has 196 valence electrons. The third-order valence-corrected chi connectivity index (χ3v) is 6.38. The zero-order chi connectivity index (χ0) is 25.0. The summed E-state index contributed by atoms with van der Waals surface area (Å²) in [7, 11) is -5.06. The van der Waals surface area contributed by atoms with E-state index in [9.17, 15) is 18.0 Å². The van der Waals surface area contributed by atoms with Gasteiger partial charge in [-0.3, -0.25) is 14.1 Å². The van der Waals surface area contributed by atoms with Gasteiger partial charge in [0.25, 0.3) is 10.1 Å². The molecule has 2 unspecified atom stereocenters. The fraction of sp³-hybridized carbons (Fsp3) is 0.909. The van der Waals surface area contributed by atoms with Crippen LogP contribution >= 0.6 is 0 Å². The van der Waals surface area contributed by atoms with Crippen LogP contribution in [0.2, 0.25) is 0 Å². The Morgan fingerprint density at radius 1 is 0.657 bits per heavy atom. The van der Waals surface area contributed by atoms with Crippen LogP contribution < -0.4 is 59.1 Å². The number of hydrogen-bond donors (Lipinski definition) is 3. The van der Waals surface area contributed by atoms with Crippen LogP contribution in [0.4, 0.5) is 0 Å². The normalized spacial score (nSPS) is 12.9. The molecule has 0 amide bonds. The second-order valence-corrected chi connectivity index (χ2v) is 9.56. The molecule has 0 rings (SSSR count). The first-order chi connectivity index (χ1) is 15.7. The van der Waals surface area contributed by atoms with Gasteiger partial charge in [-0.15, -0.1) is 0 Å². The molecule has 0 aliphatic heterocycles. The largest absolute Gasteiger partial charge is 1.00 e. The van der Waals surface area contributed by atoms with Crippen LogP contribution in [-0.2, 0) is 33.9 Å². The van der Waals surface area contributed by atoms with Crippen molar-refractivity contribution >= 4 is 22.1 Å². The summed E-state index contributed by atoms with van der Waals surface area (Å²) < 4.78 is 47.3. The number of unbranched alkanes of at least 4 members (excludes halogenated alkanes) is 9. The Balaban J connectivity index is -0.00000512. The van der Waals surface area contributed by atoms with E-state index in [2.05, 4.69) is 6.92 Å². The molecule has 0 saturated carbocycles. The summed E-state index contributed by atoms with van der Waals surface area (Å²) in [5.41, 5.74) is 0. The van der Waals surface area contributed by atoms with Crippen LogP contribution in [0.1, 0.15) is 77.6 Å². The van der Waals surface area contributed by atoms with E-state index in [1.54, 1.807) is 0 Å². The maximum Gasteiger partial charge on any atom is 1.00 e. The van der Waals surface area contributed by atoms with Gasteiger partial charge in [0, 0.05) is 13.2 Å². The van der Waals surface area contributed by atoms with Crippen LogP contribution in [-0.4, -0.2) is 80.0 Å². The van der Waals surface area contributed by atoms with E-state index in [1.165, 1.54) is 57.8 Å². The Morgan fingerprint density at radius 2 is 1.06 bits per heavy atom. The SMILES string of the molecule is CCCCCCCCCCCCOCCOCCOCCC(C(=O)O)C(C(=O)O)S(=O)(=O)O.[Na+].[Na+]. The van der Waals surface area contributed by atoms with E-state index in [0.29, 0.717) is 19.8 Å². The van der Waals surface area contributed by atoms with Gasteiger partial charge in [0.1, 0.15) is 0 Å². The standard InChI is InChI=1S/C22H42O10S.2Na/c1-2-3-4-5-6-7-8-9-10-11-13-30-15-17-32-18-16-31-14-12-19(21(23)24)20(22(25)26)33(27,28)29;;/h19-20H,2-18H2,1H3,(H,23,24)(H,25,26)(H,27,28,29);;/q;2*+1. The zero-order valence-electron chi connectivity index (χ0n) is 21.8. The number of carboxylic acid groups (broad SMARTS) is 2. The molecule has 0 fully saturated rings. The van der Waals surface area contributed by atoms with Crippen molar-refractivity contribution in [3.63, 3.8) is 0 Å². The van der Waals surface area contributed by atoms with Gasteiger partial charge in [-0.1, -0.05) is 64.7 Å². The van der Waals surface area contributed by atoms with Crippen molar-refractivity contribution in [2.24, 2.45) is 5.92 Å². The molecular weight excluding hydrogens is 502 g/mol. The van der Waals surface area contributed by atoms with Crippen molar-refractivity contribution in [3.05, 3.63) is 0 Å². The third kappa shape index (κ3) is 23.6. The predicted octanol–water partition coefficient (Wildman–Crippen LogP) is -2.60. The van der Waals surface area contributed by atoms with Crippen molar-refractivity contribution in [2.45, 2.75) is 82.8 Å². The molecule has 0 radical (unpaired) electrons. The van der Waals surface area contributed by atoms with Gasteiger partial charge in [0.2, 0.25) is 0 Å². The number of carboxylic acids is 2. The summed E-state index contributed by atoms with van der Waals surface area (Å²) in [5, 5.41) is 15.5. The van der Waals surface area contributed by atoms with Crippen molar-refractivity contribution in [1.82, 2.24) is 0 Å². The summed E-state index contributed by atoms with van der Waals surface area (Å²) in [5.74, 6) is -5.39. The first-order valence-corrected chi connectivity index (χ1v) is 13.4. The van der Waals surface area contributed by atoms with E-state index in [-0.39, 0.29) is 85.4 Å². The Morgan fingerprint density at radius 3 is 1.46 bits per heavy atom. The summed E-state index contributed by atoms with van der Waals surface area (Å²) in [6.45, 7) is 3.97. The fourth-order valence-electron chi connectivity index (χ4n) is 3.36. The minimum absolute atomic E-state index is 0. The molecule has 3 N–H and O–H groups in total. The zero-order valence-corrected chi connectivity index (χ0v) is 26.6. The number of carbonyl (C=O) groups is 2. The summed E-state index contributed by atoms with van der Waals surface area (Å²) in [6.07, 6.45) is 12.3. The van der Waals surface area contributed by atoms with E-state index < -0.39 is 33.2 Å². The van der Waals surface area contributed by atoms with Crippen LogP contribution in [0.15, 0.2) is 0 Å². The van der Waals surface area contributed by atoms with E-state index in [4.69, 9.17) is 29.0 Å². The Bertz CT molecular complexity index is 619. The first kappa shape index (κ1) is 40.2. The van der Waals surface area contributed by atoms with Gasteiger partial charge in [-0.2, -0.15) is 8.42 Å². The minimum Gasteiger partial charge on any atom is -0.481 e. The van der Waals surface area contributed by atoms with Gasteiger partial charge >= 0.3 is 71.1 Å². The number of ether oxygens (including phenoxy) is 3. The second kappa shape index (κ2) is 26.3. The molecule has 0 bridgehead atoms. The molecule has 0 aromatic rings. The summed E-state index contributed by atoms with van der Waals surface area (Å²) >= 11 is 0. The van der Waals surface area contributed by atoms with Gasteiger partial charge < -0.3 is 24.4 Å². The van der Waals surface area contributed by atoms with Crippen molar-refractivity contribution in [1.29, 1.82) is 0 Å². The molecule has 0 spiro atoms. The van der Waals surface area contributed by atoms with E-state index in [1.807, 2.05) is 0 Å². The number of rotatable bonds is 24. The smallest absolute Gasteiger partial charge is 0.481 e. The number of aliphatic carboxylic acids is 2. The maximum atomic E-state index is 11.2. The Hall–Kier alpha value is 0.730. The topological polar surface area (TPSA) is 157 Å². The molecule has 0 aromatic carbocycles. The van der Waals surface area contributed by atoms with Gasteiger partial charge in [-0.05, 0) is 12.8 Å². The van der Waals surface area contributed by atoms with Crippen LogP contribution in [0.3, 0.4) is 0 Å². The van der Waals surface area contributed by atoms with Gasteiger partial charge in [0.05, 0.1) is 32.3 Å². The van der Waals surface area contributed by atoms with Crippen molar-refractivity contribution < 1.29 is 106 Å². The summed E-state index contributed by atoms with van der Waals surface area (Å²) in [4.78, 5) is 22.2.